The summed E-state index contributed by atoms with van der Waals surface area (Å²) in [5, 5.41) is 6.09. The van der Waals surface area contributed by atoms with Gasteiger partial charge in [-0.15, -0.1) is 0 Å². The number of allylic oxidation sites excluding steroid dienone is 8. The van der Waals surface area contributed by atoms with Crippen molar-refractivity contribution in [1.29, 1.82) is 0 Å². The maximum absolute atomic E-state index is 13.2. The Morgan fingerprint density at radius 2 is 0.914 bits per heavy atom. The minimum atomic E-state index is -0.280. The van der Waals surface area contributed by atoms with Gasteiger partial charge in [0.1, 0.15) is 6.61 Å². The Labute approximate surface area is 356 Å². The van der Waals surface area contributed by atoms with E-state index in [1.165, 1.54) is 89.9 Å². The van der Waals surface area contributed by atoms with Crippen LogP contribution in [0.4, 0.5) is 0 Å². The highest BCUT2D eigenvalue weighted by atomic mass is 16.5. The van der Waals surface area contributed by atoms with Crippen LogP contribution in [0.1, 0.15) is 207 Å². The molecule has 328 valence electrons. The molecule has 0 aliphatic rings. The van der Waals surface area contributed by atoms with E-state index in [2.05, 4.69) is 73.1 Å². The van der Waals surface area contributed by atoms with Crippen molar-refractivity contribution < 1.29 is 19.1 Å². The second kappa shape index (κ2) is 39.0. The van der Waals surface area contributed by atoms with Gasteiger partial charge in [-0.25, -0.2) is 0 Å². The van der Waals surface area contributed by atoms with Gasteiger partial charge in [0.05, 0.1) is 0 Å². The molecule has 0 unspecified atom stereocenters. The summed E-state index contributed by atoms with van der Waals surface area (Å²) in [6, 6.07) is 5.13. The quantitative estimate of drug-likeness (QED) is 0.0395. The van der Waals surface area contributed by atoms with Crippen molar-refractivity contribution in [3.8, 4) is 0 Å². The number of hydrogen-bond donors (Lipinski definition) is 2. The van der Waals surface area contributed by atoms with E-state index in [1.54, 1.807) is 18.2 Å². The fourth-order valence-corrected chi connectivity index (χ4v) is 6.65. The second-order valence-electron chi connectivity index (χ2n) is 16.2. The smallest absolute Gasteiger partial charge is 0.306 e. The Kier molecular flexibility index (Phi) is 35.4. The third-order valence-electron chi connectivity index (χ3n) is 10.2. The molecule has 0 saturated carbocycles. The van der Waals surface area contributed by atoms with Gasteiger partial charge in [0.15, 0.2) is 0 Å². The van der Waals surface area contributed by atoms with Crippen LogP contribution in [0.3, 0.4) is 0 Å². The van der Waals surface area contributed by atoms with Crippen LogP contribution in [-0.4, -0.2) is 56.4 Å². The lowest BCUT2D eigenvalue weighted by Crippen LogP contribution is -2.27. The summed E-state index contributed by atoms with van der Waals surface area (Å²) in [6.45, 7) is 6.50. The predicted octanol–water partition coefficient (Wildman–Crippen LogP) is 13.2. The number of benzene rings is 1. The second-order valence-corrected chi connectivity index (χ2v) is 16.2. The third-order valence-corrected chi connectivity index (χ3v) is 10.2. The van der Waals surface area contributed by atoms with Crippen LogP contribution in [0.15, 0.2) is 66.8 Å². The average Bonchev–Trinajstić information content (AvgIpc) is 3.21. The van der Waals surface area contributed by atoms with Crippen LogP contribution in [0.5, 0.6) is 0 Å². The Bertz CT molecular complexity index is 1220. The first-order valence-electron chi connectivity index (χ1n) is 23.5. The van der Waals surface area contributed by atoms with E-state index >= 15 is 0 Å². The normalized spacial score (nSPS) is 11.9. The first-order valence-corrected chi connectivity index (χ1v) is 23.5. The van der Waals surface area contributed by atoms with Crippen LogP contribution in [-0.2, 0) is 16.1 Å². The number of carbonyl (C=O) groups excluding carboxylic acids is 3. The van der Waals surface area contributed by atoms with Gasteiger partial charge in [0.2, 0.25) is 0 Å². The number of esters is 1. The zero-order chi connectivity index (χ0) is 42.2. The third kappa shape index (κ3) is 32.5. The predicted molar refractivity (Wildman–Crippen MR) is 247 cm³/mol. The van der Waals surface area contributed by atoms with Gasteiger partial charge in [-0.1, -0.05) is 140 Å². The fraction of sp³-hybridized carbons (Fsp3) is 0.667. The molecule has 7 heteroatoms. The summed E-state index contributed by atoms with van der Waals surface area (Å²) in [7, 11) is 3.95. The minimum absolute atomic E-state index is 0.0279. The Hall–Kier alpha value is -3.45. The van der Waals surface area contributed by atoms with E-state index in [-0.39, 0.29) is 24.4 Å². The first-order chi connectivity index (χ1) is 28.4. The molecule has 2 N–H and O–H groups in total. The Morgan fingerprint density at radius 3 is 1.33 bits per heavy atom. The minimum Gasteiger partial charge on any atom is -0.461 e. The number of nitrogens with zero attached hydrogens (tertiary/aromatic N) is 1. The topological polar surface area (TPSA) is 87.7 Å². The molecule has 0 fully saturated rings. The number of hydrogen-bond acceptors (Lipinski definition) is 5. The van der Waals surface area contributed by atoms with Crippen molar-refractivity contribution in [3.63, 3.8) is 0 Å². The average molecular weight is 804 g/mol. The molecule has 0 radical (unpaired) electrons. The SMILES string of the molecule is CCCCC/C=C\C/C=C\CCCCCCCCNC(=O)c1cc(COC(=O)CCCN(C)C)cc(C(=O)NCCCCCCCC/C=C\C/C=C\CCCCC)c1. The van der Waals surface area contributed by atoms with E-state index in [1.807, 2.05) is 19.0 Å². The Morgan fingerprint density at radius 1 is 0.517 bits per heavy atom. The van der Waals surface area contributed by atoms with E-state index in [9.17, 15) is 14.4 Å². The molecule has 2 amide bonds. The highest BCUT2D eigenvalue weighted by molar-refractivity contribution is 6.00. The summed E-state index contributed by atoms with van der Waals surface area (Å²) in [5.74, 6) is -0.695. The van der Waals surface area contributed by atoms with Crippen LogP contribution in [0, 0.1) is 0 Å². The van der Waals surface area contributed by atoms with Crippen molar-refractivity contribution >= 4 is 17.8 Å². The lowest BCUT2D eigenvalue weighted by Gasteiger charge is -2.12. The maximum Gasteiger partial charge on any atom is 0.306 e. The highest BCUT2D eigenvalue weighted by Crippen LogP contribution is 2.15. The first kappa shape index (κ1) is 52.6. The summed E-state index contributed by atoms with van der Waals surface area (Å²) < 4.78 is 5.54. The molecule has 7 nitrogen and oxygen atoms in total. The number of ether oxygens (including phenoxy) is 1. The van der Waals surface area contributed by atoms with Gasteiger partial charge in [0, 0.05) is 30.6 Å². The van der Waals surface area contributed by atoms with Crippen molar-refractivity contribution in [1.82, 2.24) is 15.5 Å². The van der Waals surface area contributed by atoms with Gasteiger partial charge >= 0.3 is 5.97 Å². The molecule has 0 bridgehead atoms. The fourth-order valence-electron chi connectivity index (χ4n) is 6.65. The number of unbranched alkanes of at least 4 members (excludes halogenated alkanes) is 18. The van der Waals surface area contributed by atoms with Gasteiger partial charge in [-0.2, -0.15) is 0 Å². The van der Waals surface area contributed by atoms with Gasteiger partial charge < -0.3 is 20.3 Å². The molecule has 1 aromatic rings. The molecular formula is C51H85N3O4. The summed E-state index contributed by atoms with van der Waals surface area (Å²) in [6.07, 6.45) is 47.6. The van der Waals surface area contributed by atoms with E-state index in [0.29, 0.717) is 42.6 Å². The molecular weight excluding hydrogens is 719 g/mol. The zero-order valence-corrected chi connectivity index (χ0v) is 37.6. The van der Waals surface area contributed by atoms with E-state index in [4.69, 9.17) is 4.74 Å². The Balaban J connectivity index is 2.44. The number of amides is 2. The van der Waals surface area contributed by atoms with E-state index < -0.39 is 0 Å². The standard InChI is InChI=1S/C51H85N3O4/c1-5-7-9-11-13-15-17-19-21-23-25-27-29-31-33-35-39-52-50(56)47-42-46(45-58-49(55)38-37-41-54(3)4)43-48(44-47)51(57)53-40-36-34-32-30-28-26-24-22-20-18-16-14-12-10-8-6-2/h13-16,19-22,42-44H,5-12,17-18,23-41,45H2,1-4H3,(H,52,56)(H,53,57)/b15-13-,16-14-,21-19-,22-20-. The lowest BCUT2D eigenvalue weighted by atomic mass is 10.0. The van der Waals surface area contributed by atoms with Crippen LogP contribution in [0.2, 0.25) is 0 Å². The molecule has 0 saturated heterocycles. The van der Waals surface area contributed by atoms with E-state index in [0.717, 1.165) is 70.8 Å². The summed E-state index contributed by atoms with van der Waals surface area (Å²) in [4.78, 5) is 40.9. The molecule has 58 heavy (non-hydrogen) atoms. The maximum atomic E-state index is 13.2. The molecule has 1 rings (SSSR count). The van der Waals surface area contributed by atoms with Crippen LogP contribution >= 0.6 is 0 Å². The van der Waals surface area contributed by atoms with Crippen molar-refractivity contribution in [3.05, 3.63) is 83.5 Å². The highest BCUT2D eigenvalue weighted by Gasteiger charge is 2.14. The lowest BCUT2D eigenvalue weighted by molar-refractivity contribution is -0.145. The molecule has 0 aliphatic carbocycles. The van der Waals surface area contributed by atoms with Crippen molar-refractivity contribution in [2.45, 2.75) is 187 Å². The molecule has 0 spiro atoms. The largest absolute Gasteiger partial charge is 0.461 e. The molecule has 1 aromatic carbocycles. The number of carbonyl (C=O) groups is 3. The van der Waals surface area contributed by atoms with Crippen LogP contribution in [0.25, 0.3) is 0 Å². The zero-order valence-electron chi connectivity index (χ0n) is 37.6. The van der Waals surface area contributed by atoms with Gasteiger partial charge in [0.25, 0.3) is 11.8 Å². The molecule has 0 aromatic heterocycles. The number of rotatable bonds is 38. The van der Waals surface area contributed by atoms with Crippen molar-refractivity contribution in [2.75, 3.05) is 33.7 Å². The monoisotopic (exact) mass is 804 g/mol. The van der Waals surface area contributed by atoms with Crippen molar-refractivity contribution in [2.24, 2.45) is 0 Å². The van der Waals surface area contributed by atoms with Gasteiger partial charge in [-0.3, -0.25) is 14.4 Å². The molecule has 0 atom stereocenters. The van der Waals surface area contributed by atoms with Gasteiger partial charge in [-0.05, 0) is 128 Å². The molecule has 0 aliphatic heterocycles. The summed E-state index contributed by atoms with van der Waals surface area (Å²) in [5.41, 5.74) is 1.47. The summed E-state index contributed by atoms with van der Waals surface area (Å²) >= 11 is 0. The molecule has 0 heterocycles. The van der Waals surface area contributed by atoms with Crippen LogP contribution < -0.4 is 10.6 Å². The number of nitrogens with one attached hydrogen (secondary N) is 2.